The van der Waals surface area contributed by atoms with Crippen LogP contribution in [0.2, 0.25) is 0 Å². The quantitative estimate of drug-likeness (QED) is 0.731. The second-order valence-corrected chi connectivity index (χ2v) is 4.10. The summed E-state index contributed by atoms with van der Waals surface area (Å²) >= 11 is 0. The van der Waals surface area contributed by atoms with Gasteiger partial charge in [0.1, 0.15) is 5.75 Å². The van der Waals surface area contributed by atoms with Gasteiger partial charge in [0.05, 0.1) is 0 Å². The normalized spacial score (nSPS) is 10.7. The lowest BCUT2D eigenvalue weighted by molar-refractivity contribution is -0.120. The van der Waals surface area contributed by atoms with Crippen molar-refractivity contribution in [1.29, 1.82) is 0 Å². The molecule has 2 rings (SSSR count). The van der Waals surface area contributed by atoms with Crippen LogP contribution in [0.15, 0.2) is 36.4 Å². The van der Waals surface area contributed by atoms with Crippen molar-refractivity contribution in [2.75, 3.05) is 0 Å². The number of carbonyl (C=O) groups excluding carboxylic acids is 1. The van der Waals surface area contributed by atoms with Crippen molar-refractivity contribution in [1.82, 2.24) is 0 Å². The molecule has 0 aromatic heterocycles. The van der Waals surface area contributed by atoms with E-state index in [2.05, 4.69) is 19.9 Å². The van der Waals surface area contributed by atoms with Crippen molar-refractivity contribution in [3.8, 4) is 5.75 Å². The lowest BCUT2D eigenvalue weighted by Gasteiger charge is -2.11. The average molecular weight is 214 g/mol. The molecule has 2 aromatic rings. The highest BCUT2D eigenvalue weighted by Gasteiger charge is 2.07. The summed E-state index contributed by atoms with van der Waals surface area (Å²) in [7, 11) is 0. The predicted molar refractivity (Wildman–Crippen MR) is 64.7 cm³/mol. The molecule has 0 spiro atoms. The van der Waals surface area contributed by atoms with Gasteiger partial charge in [-0.1, -0.05) is 38.1 Å². The molecule has 0 saturated heterocycles. The Labute approximate surface area is 94.8 Å². The highest BCUT2D eigenvalue weighted by atomic mass is 16.5. The van der Waals surface area contributed by atoms with E-state index in [1.54, 1.807) is 0 Å². The van der Waals surface area contributed by atoms with E-state index in [0.29, 0.717) is 18.1 Å². The van der Waals surface area contributed by atoms with Gasteiger partial charge in [0, 0.05) is 0 Å². The molecule has 0 aliphatic rings. The van der Waals surface area contributed by atoms with E-state index >= 15 is 0 Å². The molecule has 0 heterocycles. The Bertz CT molecular complexity index is 515. The molecule has 2 nitrogen and oxygen atoms in total. The standard InChI is InChI=1S/C14H14O2/c1-10(2)14-8-12(16-9-15)7-11-5-3-4-6-13(11)14/h3-10H,1-2H3. The number of benzene rings is 2. The molecular formula is C14H14O2. The molecule has 2 aromatic carbocycles. The molecule has 0 atom stereocenters. The van der Waals surface area contributed by atoms with Gasteiger partial charge in [-0.25, -0.2) is 0 Å². The van der Waals surface area contributed by atoms with Gasteiger partial charge < -0.3 is 4.74 Å². The molecule has 0 aliphatic heterocycles. The maximum Gasteiger partial charge on any atom is 0.298 e. The van der Waals surface area contributed by atoms with Crippen LogP contribution in [0, 0.1) is 0 Å². The molecule has 0 fully saturated rings. The Balaban J connectivity index is 2.68. The van der Waals surface area contributed by atoms with E-state index in [1.807, 2.05) is 30.3 Å². The second-order valence-electron chi connectivity index (χ2n) is 4.10. The first kappa shape index (κ1) is 10.7. The fraction of sp³-hybridized carbons (Fsp3) is 0.214. The largest absolute Gasteiger partial charge is 0.429 e. The summed E-state index contributed by atoms with van der Waals surface area (Å²) in [5, 5.41) is 2.32. The maximum absolute atomic E-state index is 10.4. The van der Waals surface area contributed by atoms with E-state index in [1.165, 1.54) is 10.9 Å². The Morgan fingerprint density at radius 3 is 2.62 bits per heavy atom. The maximum atomic E-state index is 10.4. The lowest BCUT2D eigenvalue weighted by atomic mass is 9.96. The first-order valence-electron chi connectivity index (χ1n) is 5.35. The lowest BCUT2D eigenvalue weighted by Crippen LogP contribution is -1.94. The van der Waals surface area contributed by atoms with Crippen LogP contribution in [-0.4, -0.2) is 6.47 Å². The first-order chi connectivity index (χ1) is 7.72. The van der Waals surface area contributed by atoms with Gasteiger partial charge in [0.15, 0.2) is 0 Å². The monoisotopic (exact) mass is 214 g/mol. The number of fused-ring (bicyclic) bond motifs is 1. The molecule has 82 valence electrons. The molecule has 0 bridgehead atoms. The highest BCUT2D eigenvalue weighted by Crippen LogP contribution is 2.30. The van der Waals surface area contributed by atoms with Crippen LogP contribution >= 0.6 is 0 Å². The molecule has 16 heavy (non-hydrogen) atoms. The summed E-state index contributed by atoms with van der Waals surface area (Å²) in [6.07, 6.45) is 0. The summed E-state index contributed by atoms with van der Waals surface area (Å²) in [5.74, 6) is 1.01. The van der Waals surface area contributed by atoms with Crippen molar-refractivity contribution in [2.45, 2.75) is 19.8 Å². The molecule has 0 unspecified atom stereocenters. The zero-order valence-electron chi connectivity index (χ0n) is 9.44. The van der Waals surface area contributed by atoms with Crippen molar-refractivity contribution >= 4 is 17.2 Å². The number of hydrogen-bond acceptors (Lipinski definition) is 2. The zero-order chi connectivity index (χ0) is 11.5. The molecule has 2 heteroatoms. The summed E-state index contributed by atoms with van der Waals surface area (Å²) in [5.41, 5.74) is 1.20. The van der Waals surface area contributed by atoms with Gasteiger partial charge in [-0.2, -0.15) is 0 Å². The number of ether oxygens (including phenoxy) is 1. The minimum atomic E-state index is 0.403. The van der Waals surface area contributed by atoms with Crippen molar-refractivity contribution in [3.05, 3.63) is 42.0 Å². The predicted octanol–water partition coefficient (Wildman–Crippen LogP) is 3.50. The molecule has 0 amide bonds. The van der Waals surface area contributed by atoms with Crippen LogP contribution in [0.1, 0.15) is 25.3 Å². The van der Waals surface area contributed by atoms with Crippen LogP contribution in [-0.2, 0) is 4.79 Å². The van der Waals surface area contributed by atoms with Gasteiger partial charge in [0.2, 0.25) is 0 Å². The molecular weight excluding hydrogens is 200 g/mol. The van der Waals surface area contributed by atoms with E-state index in [-0.39, 0.29) is 0 Å². The number of hydrogen-bond donors (Lipinski definition) is 0. The number of rotatable bonds is 3. The molecule has 0 N–H and O–H groups in total. The topological polar surface area (TPSA) is 26.3 Å². The molecule has 0 aliphatic carbocycles. The van der Waals surface area contributed by atoms with Gasteiger partial charge in [-0.05, 0) is 34.4 Å². The minimum Gasteiger partial charge on any atom is -0.429 e. The van der Waals surface area contributed by atoms with Crippen LogP contribution < -0.4 is 4.74 Å². The van der Waals surface area contributed by atoms with Crippen LogP contribution in [0.3, 0.4) is 0 Å². The Morgan fingerprint density at radius 2 is 1.94 bits per heavy atom. The number of carbonyl (C=O) groups is 1. The summed E-state index contributed by atoms with van der Waals surface area (Å²) in [4.78, 5) is 10.4. The second kappa shape index (κ2) is 4.35. The Hall–Kier alpha value is -1.83. The van der Waals surface area contributed by atoms with E-state index in [4.69, 9.17) is 4.74 Å². The molecule has 0 radical (unpaired) electrons. The minimum absolute atomic E-state index is 0.403. The summed E-state index contributed by atoms with van der Waals surface area (Å²) in [6.45, 7) is 4.73. The molecule has 0 saturated carbocycles. The van der Waals surface area contributed by atoms with Crippen LogP contribution in [0.4, 0.5) is 0 Å². The van der Waals surface area contributed by atoms with E-state index in [9.17, 15) is 4.79 Å². The van der Waals surface area contributed by atoms with E-state index in [0.717, 1.165) is 5.39 Å². The fourth-order valence-electron chi connectivity index (χ4n) is 1.91. The first-order valence-corrected chi connectivity index (χ1v) is 5.35. The third kappa shape index (κ3) is 1.91. The van der Waals surface area contributed by atoms with Gasteiger partial charge in [-0.3, -0.25) is 4.79 Å². The zero-order valence-corrected chi connectivity index (χ0v) is 9.44. The average Bonchev–Trinajstić information content (AvgIpc) is 2.28. The van der Waals surface area contributed by atoms with Gasteiger partial charge in [-0.15, -0.1) is 0 Å². The van der Waals surface area contributed by atoms with E-state index < -0.39 is 0 Å². The summed E-state index contributed by atoms with van der Waals surface area (Å²) < 4.78 is 4.92. The summed E-state index contributed by atoms with van der Waals surface area (Å²) in [6, 6.07) is 11.9. The van der Waals surface area contributed by atoms with Crippen molar-refractivity contribution < 1.29 is 9.53 Å². The Kier molecular flexibility index (Phi) is 2.91. The van der Waals surface area contributed by atoms with Crippen LogP contribution in [0.25, 0.3) is 10.8 Å². The van der Waals surface area contributed by atoms with Gasteiger partial charge >= 0.3 is 0 Å². The smallest absolute Gasteiger partial charge is 0.298 e. The SMILES string of the molecule is CC(C)c1cc(OC=O)cc2ccccc12. The third-order valence-electron chi connectivity index (χ3n) is 2.67. The van der Waals surface area contributed by atoms with Crippen LogP contribution in [0.5, 0.6) is 5.75 Å². The van der Waals surface area contributed by atoms with Crippen molar-refractivity contribution in [3.63, 3.8) is 0 Å². The highest BCUT2D eigenvalue weighted by molar-refractivity contribution is 5.87. The van der Waals surface area contributed by atoms with Gasteiger partial charge in [0.25, 0.3) is 6.47 Å². The third-order valence-corrected chi connectivity index (χ3v) is 2.67. The Morgan fingerprint density at radius 1 is 1.19 bits per heavy atom. The fourth-order valence-corrected chi connectivity index (χ4v) is 1.91. The van der Waals surface area contributed by atoms with Crippen molar-refractivity contribution in [2.24, 2.45) is 0 Å².